The van der Waals surface area contributed by atoms with Crippen LogP contribution >= 0.6 is 11.6 Å². The van der Waals surface area contributed by atoms with Gasteiger partial charge in [-0.2, -0.15) is 0 Å². The van der Waals surface area contributed by atoms with Crippen LogP contribution in [0.15, 0.2) is 23.0 Å². The lowest BCUT2D eigenvalue weighted by Crippen LogP contribution is -2.35. The number of amides is 1. The zero-order valence-corrected chi connectivity index (χ0v) is 16.2. The van der Waals surface area contributed by atoms with Gasteiger partial charge in [-0.1, -0.05) is 24.1 Å². The first-order chi connectivity index (χ1) is 13.0. The van der Waals surface area contributed by atoms with E-state index in [1.54, 1.807) is 29.7 Å². The molecule has 1 aliphatic heterocycles. The lowest BCUT2D eigenvalue weighted by molar-refractivity contribution is 0.189. The molecule has 8 heteroatoms. The van der Waals surface area contributed by atoms with E-state index in [1.165, 1.54) is 19.3 Å². The Morgan fingerprint density at radius 3 is 2.74 bits per heavy atom. The fourth-order valence-electron chi connectivity index (χ4n) is 3.67. The molecule has 0 spiro atoms. The van der Waals surface area contributed by atoms with Crippen LogP contribution in [-0.2, 0) is 6.54 Å². The predicted octanol–water partition coefficient (Wildman–Crippen LogP) is 3.25. The van der Waals surface area contributed by atoms with Gasteiger partial charge in [0.1, 0.15) is 5.82 Å². The highest BCUT2D eigenvalue weighted by Gasteiger charge is 2.19. The zero-order chi connectivity index (χ0) is 19.4. The van der Waals surface area contributed by atoms with E-state index in [4.69, 9.17) is 16.7 Å². The van der Waals surface area contributed by atoms with E-state index in [0.717, 1.165) is 26.1 Å². The maximum Gasteiger partial charge on any atom is 0.405 e. The van der Waals surface area contributed by atoms with Crippen molar-refractivity contribution in [3.05, 3.63) is 39.4 Å². The minimum absolute atomic E-state index is 0.224. The Bertz CT molecular complexity index is 877. The summed E-state index contributed by atoms with van der Waals surface area (Å²) >= 11 is 6.24. The zero-order valence-electron chi connectivity index (χ0n) is 15.4. The predicted molar refractivity (Wildman–Crippen MR) is 105 cm³/mol. The molecule has 2 aromatic rings. The van der Waals surface area contributed by atoms with E-state index in [-0.39, 0.29) is 5.56 Å². The molecule has 3 rings (SSSR count). The molecule has 1 unspecified atom stereocenters. The second kappa shape index (κ2) is 8.71. The third kappa shape index (κ3) is 4.59. The molecule has 2 N–H and O–H groups in total. The van der Waals surface area contributed by atoms with Crippen molar-refractivity contribution in [3.8, 4) is 0 Å². The van der Waals surface area contributed by atoms with Gasteiger partial charge in [-0.25, -0.2) is 9.78 Å². The number of carboxylic acid groups (broad SMARTS) is 1. The molecule has 1 fully saturated rings. The van der Waals surface area contributed by atoms with Crippen molar-refractivity contribution in [3.63, 3.8) is 0 Å². The van der Waals surface area contributed by atoms with E-state index in [9.17, 15) is 9.59 Å². The molecule has 27 heavy (non-hydrogen) atoms. The molecular weight excluding hydrogens is 368 g/mol. The second-order valence-electron chi connectivity index (χ2n) is 6.99. The number of nitrogens with zero attached hydrogens (tertiary/aromatic N) is 3. The normalized spacial score (nSPS) is 16.4. The highest BCUT2D eigenvalue weighted by Crippen LogP contribution is 2.21. The largest absolute Gasteiger partial charge is 0.465 e. The number of hydrogen-bond acceptors (Lipinski definition) is 4. The Morgan fingerprint density at radius 1 is 1.30 bits per heavy atom. The van der Waals surface area contributed by atoms with Crippen molar-refractivity contribution in [1.29, 1.82) is 0 Å². The molecule has 1 saturated heterocycles. The van der Waals surface area contributed by atoms with Gasteiger partial charge in [0.25, 0.3) is 5.56 Å². The molecular formula is C19H25ClN4O3. The Labute approximate surface area is 163 Å². The Hall–Kier alpha value is -2.12. The van der Waals surface area contributed by atoms with Crippen LogP contribution in [0.2, 0.25) is 5.02 Å². The molecule has 1 atom stereocenters. The minimum atomic E-state index is -1.15. The van der Waals surface area contributed by atoms with Gasteiger partial charge < -0.3 is 15.3 Å². The first-order valence-corrected chi connectivity index (χ1v) is 9.76. The summed E-state index contributed by atoms with van der Waals surface area (Å²) in [6.07, 6.45) is 3.37. The van der Waals surface area contributed by atoms with Gasteiger partial charge >= 0.3 is 6.09 Å². The number of piperidine rings is 1. The number of benzene rings is 1. The summed E-state index contributed by atoms with van der Waals surface area (Å²) in [5, 5.41) is 12.2. The third-order valence-corrected chi connectivity index (χ3v) is 5.31. The average molecular weight is 393 g/mol. The van der Waals surface area contributed by atoms with Crippen LogP contribution in [0.3, 0.4) is 0 Å². The summed E-state index contributed by atoms with van der Waals surface area (Å²) in [4.78, 5) is 31.1. The van der Waals surface area contributed by atoms with Crippen molar-refractivity contribution in [2.45, 2.75) is 45.2 Å². The summed E-state index contributed by atoms with van der Waals surface area (Å²) in [5.74, 6) is 0.413. The van der Waals surface area contributed by atoms with Crippen molar-refractivity contribution in [2.24, 2.45) is 0 Å². The summed E-state index contributed by atoms with van der Waals surface area (Å²) in [5.41, 5.74) is 0.257. The summed E-state index contributed by atoms with van der Waals surface area (Å²) in [6.45, 7) is 5.27. The molecule has 1 aromatic heterocycles. The molecule has 0 radical (unpaired) electrons. The van der Waals surface area contributed by atoms with Crippen molar-refractivity contribution in [1.82, 2.24) is 19.8 Å². The summed E-state index contributed by atoms with van der Waals surface area (Å²) in [6, 6.07) is 4.52. The number of halogens is 1. The number of hydrogen-bond donors (Lipinski definition) is 2. The van der Waals surface area contributed by atoms with Crippen LogP contribution < -0.4 is 10.9 Å². The average Bonchev–Trinajstić information content (AvgIpc) is 2.63. The number of carbonyl (C=O) groups is 1. The van der Waals surface area contributed by atoms with Gasteiger partial charge in [0.05, 0.1) is 22.0 Å². The van der Waals surface area contributed by atoms with Crippen LogP contribution in [-0.4, -0.2) is 45.3 Å². The highest BCUT2D eigenvalue weighted by molar-refractivity contribution is 6.35. The lowest BCUT2D eigenvalue weighted by atomic mass is 10.1. The van der Waals surface area contributed by atoms with Gasteiger partial charge in [0.15, 0.2) is 0 Å². The first kappa shape index (κ1) is 19.6. The molecule has 2 heterocycles. The number of likely N-dealkylation sites (tertiary alicyclic amines) is 1. The van der Waals surface area contributed by atoms with E-state index < -0.39 is 12.1 Å². The maximum atomic E-state index is 13.1. The molecule has 146 valence electrons. The van der Waals surface area contributed by atoms with Crippen molar-refractivity contribution >= 4 is 28.6 Å². The van der Waals surface area contributed by atoms with Gasteiger partial charge in [0, 0.05) is 6.54 Å². The van der Waals surface area contributed by atoms with E-state index in [2.05, 4.69) is 15.2 Å². The molecule has 7 nitrogen and oxygen atoms in total. The summed E-state index contributed by atoms with van der Waals surface area (Å²) < 4.78 is 1.57. The molecule has 1 amide bonds. The van der Waals surface area contributed by atoms with Crippen molar-refractivity contribution < 1.29 is 9.90 Å². The second-order valence-corrected chi connectivity index (χ2v) is 7.39. The minimum Gasteiger partial charge on any atom is -0.465 e. The number of rotatable bonds is 6. The van der Waals surface area contributed by atoms with Crippen LogP contribution in [0.1, 0.15) is 44.5 Å². The smallest absolute Gasteiger partial charge is 0.405 e. The number of nitrogens with one attached hydrogen (secondary N) is 1. The SMILES string of the molecule is CC(NC(=O)O)c1nc2cccc(Cl)c2c(=O)n1CCCN1CCCCC1. The van der Waals surface area contributed by atoms with Crippen LogP contribution in [0, 0.1) is 0 Å². The standard InChI is InChI=1S/C19H25ClN4O3/c1-13(21-19(26)27)17-22-15-8-5-7-14(20)16(15)18(25)24(17)12-6-11-23-9-3-2-4-10-23/h5,7-8,13,21H,2-4,6,9-12H2,1H3,(H,26,27). The van der Waals surface area contributed by atoms with Crippen LogP contribution in [0.4, 0.5) is 4.79 Å². The fourth-order valence-corrected chi connectivity index (χ4v) is 3.92. The first-order valence-electron chi connectivity index (χ1n) is 9.38. The van der Waals surface area contributed by atoms with Crippen LogP contribution in [0.25, 0.3) is 10.9 Å². The van der Waals surface area contributed by atoms with Crippen molar-refractivity contribution in [2.75, 3.05) is 19.6 Å². The van der Waals surface area contributed by atoms with E-state index in [1.807, 2.05) is 0 Å². The maximum absolute atomic E-state index is 13.1. The Balaban J connectivity index is 1.91. The van der Waals surface area contributed by atoms with Gasteiger partial charge in [-0.05, 0) is 58.0 Å². The van der Waals surface area contributed by atoms with Gasteiger partial charge in [-0.15, -0.1) is 0 Å². The quantitative estimate of drug-likeness (QED) is 0.787. The molecule has 0 bridgehead atoms. The topological polar surface area (TPSA) is 87.5 Å². The lowest BCUT2D eigenvalue weighted by Gasteiger charge is -2.26. The fraction of sp³-hybridized carbons (Fsp3) is 0.526. The number of aromatic nitrogens is 2. The Kier molecular flexibility index (Phi) is 6.34. The molecule has 0 saturated carbocycles. The number of fused-ring (bicyclic) bond motifs is 1. The molecule has 0 aliphatic carbocycles. The molecule has 1 aromatic carbocycles. The van der Waals surface area contributed by atoms with Crippen LogP contribution in [0.5, 0.6) is 0 Å². The summed E-state index contributed by atoms with van der Waals surface area (Å²) in [7, 11) is 0. The van der Waals surface area contributed by atoms with Gasteiger partial charge in [-0.3, -0.25) is 9.36 Å². The molecule has 1 aliphatic rings. The highest BCUT2D eigenvalue weighted by atomic mass is 35.5. The van der Waals surface area contributed by atoms with E-state index >= 15 is 0 Å². The Morgan fingerprint density at radius 2 is 2.04 bits per heavy atom. The third-order valence-electron chi connectivity index (χ3n) is 4.99. The van der Waals surface area contributed by atoms with Gasteiger partial charge in [0.2, 0.25) is 0 Å². The monoisotopic (exact) mass is 392 g/mol. The van der Waals surface area contributed by atoms with E-state index in [0.29, 0.717) is 28.3 Å².